The number of carboxylic acid groups (broad SMARTS) is 1. The van der Waals surface area contributed by atoms with Crippen molar-refractivity contribution in [3.8, 4) is 0 Å². The number of hydrogen-bond acceptors (Lipinski definition) is 1. The molecule has 0 unspecified atom stereocenters. The van der Waals surface area contributed by atoms with E-state index in [0.717, 1.165) is 17.2 Å². The van der Waals surface area contributed by atoms with Gasteiger partial charge in [0.15, 0.2) is 0 Å². The first-order chi connectivity index (χ1) is 6.20. The lowest BCUT2D eigenvalue weighted by molar-refractivity contribution is -0.131. The third-order valence-corrected chi connectivity index (χ3v) is 1.62. The van der Waals surface area contributed by atoms with Crippen LogP contribution in [-0.4, -0.2) is 11.1 Å². The largest absolute Gasteiger partial charge is 0.478 e. The lowest BCUT2D eigenvalue weighted by atomic mass is 10.1. The summed E-state index contributed by atoms with van der Waals surface area (Å²) in [4.78, 5) is 10.2. The van der Waals surface area contributed by atoms with Gasteiger partial charge >= 0.3 is 5.97 Å². The molecule has 1 aromatic rings. The van der Waals surface area contributed by atoms with Crippen molar-refractivity contribution in [3.63, 3.8) is 0 Å². The van der Waals surface area contributed by atoms with Crippen LogP contribution in [-0.2, 0) is 4.79 Å². The van der Waals surface area contributed by atoms with Crippen molar-refractivity contribution in [3.05, 3.63) is 47.7 Å². The standard InChI is InChI=1S/C11H10O2/c1-9(7-8-11(12)13)10-5-3-2-4-6-10/h2-6,8H,1H3,(H,12,13). The summed E-state index contributed by atoms with van der Waals surface area (Å²) in [5.41, 5.74) is 4.50. The van der Waals surface area contributed by atoms with Gasteiger partial charge in [0.1, 0.15) is 0 Å². The second-order valence-electron chi connectivity index (χ2n) is 2.62. The highest BCUT2D eigenvalue weighted by molar-refractivity contribution is 5.81. The Morgan fingerprint density at radius 3 is 2.54 bits per heavy atom. The van der Waals surface area contributed by atoms with Crippen LogP contribution in [0.1, 0.15) is 12.5 Å². The SMILES string of the molecule is CC(=C=CC(=O)O)c1ccccc1. The molecule has 0 radical (unpaired) electrons. The molecule has 0 fully saturated rings. The van der Waals surface area contributed by atoms with Crippen LogP contribution in [0.3, 0.4) is 0 Å². The molecule has 1 aromatic carbocycles. The van der Waals surface area contributed by atoms with Crippen LogP contribution in [0.25, 0.3) is 5.57 Å². The summed E-state index contributed by atoms with van der Waals surface area (Å²) in [5, 5.41) is 8.38. The number of rotatable bonds is 2. The molecule has 0 atom stereocenters. The van der Waals surface area contributed by atoms with Gasteiger partial charge in [-0.3, -0.25) is 0 Å². The van der Waals surface area contributed by atoms with E-state index in [4.69, 9.17) is 5.11 Å². The van der Waals surface area contributed by atoms with Gasteiger partial charge < -0.3 is 5.11 Å². The fourth-order valence-electron chi connectivity index (χ4n) is 0.941. The maximum absolute atomic E-state index is 10.2. The lowest BCUT2D eigenvalue weighted by Crippen LogP contribution is -1.84. The van der Waals surface area contributed by atoms with Crippen LogP contribution in [0.4, 0.5) is 0 Å². The molecule has 2 heteroatoms. The zero-order valence-electron chi connectivity index (χ0n) is 7.32. The summed E-state index contributed by atoms with van der Waals surface area (Å²) in [6.45, 7) is 1.83. The average Bonchev–Trinajstić information content (AvgIpc) is 2.15. The van der Waals surface area contributed by atoms with Gasteiger partial charge in [0, 0.05) is 0 Å². The normalized spacial score (nSPS) is 8.69. The minimum Gasteiger partial charge on any atom is -0.478 e. The van der Waals surface area contributed by atoms with Crippen LogP contribution < -0.4 is 0 Å². The van der Waals surface area contributed by atoms with Gasteiger partial charge in [0.25, 0.3) is 0 Å². The van der Waals surface area contributed by atoms with Gasteiger partial charge in [-0.15, -0.1) is 5.73 Å². The van der Waals surface area contributed by atoms with Gasteiger partial charge in [-0.2, -0.15) is 0 Å². The van der Waals surface area contributed by atoms with Crippen molar-refractivity contribution in [1.29, 1.82) is 0 Å². The van der Waals surface area contributed by atoms with Crippen molar-refractivity contribution < 1.29 is 9.90 Å². The Morgan fingerprint density at radius 1 is 1.38 bits per heavy atom. The molecule has 0 aromatic heterocycles. The zero-order chi connectivity index (χ0) is 9.68. The Labute approximate surface area is 76.8 Å². The molecule has 0 heterocycles. The Kier molecular flexibility index (Phi) is 3.07. The van der Waals surface area contributed by atoms with E-state index in [-0.39, 0.29) is 0 Å². The molecule has 0 amide bonds. The first-order valence-electron chi connectivity index (χ1n) is 3.92. The summed E-state index contributed by atoms with van der Waals surface area (Å²) in [5.74, 6) is -0.977. The van der Waals surface area contributed by atoms with Crippen molar-refractivity contribution in [2.45, 2.75) is 6.92 Å². The summed E-state index contributed by atoms with van der Waals surface area (Å²) in [7, 11) is 0. The molecule has 0 saturated carbocycles. The molecule has 0 bridgehead atoms. The summed E-state index contributed by atoms with van der Waals surface area (Å²) in [6.07, 6.45) is 1.02. The molecule has 2 nitrogen and oxygen atoms in total. The van der Waals surface area contributed by atoms with Crippen molar-refractivity contribution in [2.24, 2.45) is 0 Å². The summed E-state index contributed by atoms with van der Waals surface area (Å²) in [6, 6.07) is 9.55. The first kappa shape index (κ1) is 9.30. The number of aliphatic carboxylic acids is 1. The molecule has 0 spiro atoms. The smallest absolute Gasteiger partial charge is 0.336 e. The van der Waals surface area contributed by atoms with E-state index in [9.17, 15) is 4.79 Å². The van der Waals surface area contributed by atoms with Crippen molar-refractivity contribution >= 4 is 11.5 Å². The maximum Gasteiger partial charge on any atom is 0.336 e. The molecule has 0 aliphatic rings. The van der Waals surface area contributed by atoms with E-state index >= 15 is 0 Å². The van der Waals surface area contributed by atoms with E-state index in [0.29, 0.717) is 0 Å². The summed E-state index contributed by atoms with van der Waals surface area (Å²) < 4.78 is 0. The highest BCUT2D eigenvalue weighted by Crippen LogP contribution is 2.10. The Hall–Kier alpha value is -1.79. The molecule has 1 rings (SSSR count). The van der Waals surface area contributed by atoms with Gasteiger partial charge in [0.05, 0.1) is 6.08 Å². The molecule has 0 aliphatic heterocycles. The van der Waals surface area contributed by atoms with Crippen LogP contribution >= 0.6 is 0 Å². The Balaban J connectivity index is 2.98. The van der Waals surface area contributed by atoms with Crippen LogP contribution in [0.15, 0.2) is 42.1 Å². The molecule has 0 saturated heterocycles. The van der Waals surface area contributed by atoms with Crippen molar-refractivity contribution in [2.75, 3.05) is 0 Å². The third-order valence-electron chi connectivity index (χ3n) is 1.62. The van der Waals surface area contributed by atoms with Crippen LogP contribution in [0.5, 0.6) is 0 Å². The zero-order valence-corrected chi connectivity index (χ0v) is 7.32. The van der Waals surface area contributed by atoms with Crippen LogP contribution in [0, 0.1) is 0 Å². The van der Waals surface area contributed by atoms with E-state index in [1.807, 2.05) is 37.3 Å². The first-order valence-corrected chi connectivity index (χ1v) is 3.92. The third kappa shape index (κ3) is 2.97. The second-order valence-corrected chi connectivity index (χ2v) is 2.62. The Bertz CT molecular complexity index is 357. The molecule has 0 aliphatic carbocycles. The van der Waals surface area contributed by atoms with Crippen LogP contribution in [0.2, 0.25) is 0 Å². The predicted octanol–water partition coefficient (Wildman–Crippen LogP) is 2.33. The molecular weight excluding hydrogens is 164 g/mol. The topological polar surface area (TPSA) is 37.3 Å². The van der Waals surface area contributed by atoms with E-state index in [1.54, 1.807) is 0 Å². The molecule has 1 N–H and O–H groups in total. The average molecular weight is 174 g/mol. The van der Waals surface area contributed by atoms with Gasteiger partial charge in [-0.25, -0.2) is 4.79 Å². The Morgan fingerprint density at radius 2 is 2.00 bits per heavy atom. The predicted molar refractivity (Wildman–Crippen MR) is 51.2 cm³/mol. The molecule has 13 heavy (non-hydrogen) atoms. The van der Waals surface area contributed by atoms with Gasteiger partial charge in [-0.1, -0.05) is 30.3 Å². The highest BCUT2D eigenvalue weighted by Gasteiger charge is 1.91. The highest BCUT2D eigenvalue weighted by atomic mass is 16.4. The van der Waals surface area contributed by atoms with Crippen molar-refractivity contribution in [1.82, 2.24) is 0 Å². The lowest BCUT2D eigenvalue weighted by Gasteiger charge is -1.95. The minimum atomic E-state index is -0.977. The quantitative estimate of drug-likeness (QED) is 0.552. The van der Waals surface area contributed by atoms with E-state index in [1.165, 1.54) is 0 Å². The van der Waals surface area contributed by atoms with E-state index < -0.39 is 5.97 Å². The van der Waals surface area contributed by atoms with Gasteiger partial charge in [-0.05, 0) is 18.1 Å². The molecule has 66 valence electrons. The summed E-state index contributed by atoms with van der Waals surface area (Å²) >= 11 is 0. The second kappa shape index (κ2) is 4.29. The monoisotopic (exact) mass is 174 g/mol. The van der Waals surface area contributed by atoms with Gasteiger partial charge in [0.2, 0.25) is 0 Å². The fourth-order valence-corrected chi connectivity index (χ4v) is 0.941. The number of carbonyl (C=O) groups is 1. The number of hydrogen-bond donors (Lipinski definition) is 1. The molecular formula is C11H10O2. The fraction of sp³-hybridized carbons (Fsp3) is 0.0909. The number of carboxylic acids is 1. The number of benzene rings is 1. The minimum absolute atomic E-state index is 0.822. The maximum atomic E-state index is 10.2. The van der Waals surface area contributed by atoms with E-state index in [2.05, 4.69) is 5.73 Å².